The molecule has 5 nitrogen and oxygen atoms in total. The molecule has 3 N–H and O–H groups in total. The van der Waals surface area contributed by atoms with Gasteiger partial charge in [-0.1, -0.05) is 12.2 Å². The average Bonchev–Trinajstić information content (AvgIpc) is 2.11. The molecule has 0 saturated carbocycles. The van der Waals surface area contributed by atoms with E-state index in [4.69, 9.17) is 10.8 Å². The molecular weight excluding hydrogens is 206 g/mol. The van der Waals surface area contributed by atoms with Gasteiger partial charge in [0.1, 0.15) is 6.04 Å². The van der Waals surface area contributed by atoms with Gasteiger partial charge in [-0.15, -0.1) is 0 Å². The van der Waals surface area contributed by atoms with E-state index in [1.807, 2.05) is 0 Å². The Labute approximate surface area is 86.3 Å². The van der Waals surface area contributed by atoms with Crippen molar-refractivity contribution in [1.82, 2.24) is 0 Å². The summed E-state index contributed by atoms with van der Waals surface area (Å²) in [5.74, 6) is -2.53. The molecule has 0 aromatic carbocycles. The number of nitrogens with two attached hydrogens (primary N) is 1. The van der Waals surface area contributed by atoms with E-state index in [1.165, 1.54) is 0 Å². The molecule has 0 aliphatic carbocycles. The van der Waals surface area contributed by atoms with E-state index >= 15 is 0 Å². The molecule has 0 aromatic heterocycles. The van der Waals surface area contributed by atoms with Crippen molar-refractivity contribution in [2.75, 3.05) is 0 Å². The zero-order valence-corrected chi connectivity index (χ0v) is 8.47. The summed E-state index contributed by atoms with van der Waals surface area (Å²) in [6, 6.07) is -1.05. The number of hydrogen-bond acceptors (Lipinski definition) is 5. The number of thiocarbonyl (C=S) groups is 1. The van der Waals surface area contributed by atoms with Gasteiger partial charge in [0.15, 0.2) is 0 Å². The highest BCUT2D eigenvalue weighted by atomic mass is 32.1. The fourth-order valence-electron chi connectivity index (χ4n) is 0.720. The number of aliphatic carboxylic acids is 1. The molecule has 0 radical (unpaired) electrons. The van der Waals surface area contributed by atoms with Crippen LogP contribution in [0.2, 0.25) is 0 Å². The molecule has 0 aliphatic rings. The van der Waals surface area contributed by atoms with Gasteiger partial charge in [0.05, 0.1) is 4.86 Å². The van der Waals surface area contributed by atoms with Gasteiger partial charge in [-0.25, -0.2) is 0 Å². The summed E-state index contributed by atoms with van der Waals surface area (Å²) in [4.78, 5) is 31.8. The summed E-state index contributed by atoms with van der Waals surface area (Å²) >= 11 is 4.64. The highest BCUT2D eigenvalue weighted by Gasteiger charge is 2.17. The molecule has 0 amide bonds. The van der Waals surface area contributed by atoms with Crippen LogP contribution in [0.3, 0.4) is 0 Å². The maximum absolute atomic E-state index is 10.9. The number of carboxylic acid groups (broad SMARTS) is 1. The SMILES string of the molecule is CC(=O)C(=O)C(=S)CCC(N)C(=O)O. The third-order valence-electron chi connectivity index (χ3n) is 1.57. The van der Waals surface area contributed by atoms with E-state index in [0.29, 0.717) is 0 Å². The first kappa shape index (κ1) is 12.9. The van der Waals surface area contributed by atoms with E-state index in [2.05, 4.69) is 12.2 Å². The fraction of sp³-hybridized carbons (Fsp3) is 0.500. The summed E-state index contributed by atoms with van der Waals surface area (Å²) in [5, 5.41) is 8.42. The van der Waals surface area contributed by atoms with Crippen molar-refractivity contribution < 1.29 is 19.5 Å². The summed E-state index contributed by atoms with van der Waals surface area (Å²) in [5.41, 5.74) is 5.19. The largest absolute Gasteiger partial charge is 0.480 e. The summed E-state index contributed by atoms with van der Waals surface area (Å²) < 4.78 is 0. The number of rotatable bonds is 6. The van der Waals surface area contributed by atoms with Crippen LogP contribution in [-0.4, -0.2) is 33.5 Å². The maximum atomic E-state index is 10.9. The molecule has 0 spiro atoms. The van der Waals surface area contributed by atoms with Crippen molar-refractivity contribution in [3.8, 4) is 0 Å². The molecule has 1 atom stereocenters. The second-order valence-corrected chi connectivity index (χ2v) is 3.28. The first-order valence-electron chi connectivity index (χ1n) is 3.92. The number of carbonyl (C=O) groups is 3. The van der Waals surface area contributed by atoms with Crippen molar-refractivity contribution in [3.63, 3.8) is 0 Å². The number of ketones is 2. The van der Waals surface area contributed by atoms with Crippen LogP contribution >= 0.6 is 12.2 Å². The Morgan fingerprint density at radius 2 is 1.93 bits per heavy atom. The monoisotopic (exact) mass is 217 g/mol. The Morgan fingerprint density at radius 3 is 2.29 bits per heavy atom. The molecule has 0 aromatic rings. The summed E-state index contributed by atoms with van der Waals surface area (Å²) in [7, 11) is 0. The third kappa shape index (κ3) is 4.20. The molecule has 0 rings (SSSR count). The van der Waals surface area contributed by atoms with E-state index in [1.54, 1.807) is 0 Å². The topological polar surface area (TPSA) is 97.5 Å². The number of carbonyl (C=O) groups excluding carboxylic acids is 2. The minimum absolute atomic E-state index is 0.0568. The van der Waals surface area contributed by atoms with Crippen molar-refractivity contribution in [1.29, 1.82) is 0 Å². The highest BCUT2D eigenvalue weighted by Crippen LogP contribution is 1.99. The van der Waals surface area contributed by atoms with Gasteiger partial charge in [-0.2, -0.15) is 0 Å². The van der Waals surface area contributed by atoms with Crippen LogP contribution in [0.25, 0.3) is 0 Å². The molecule has 78 valence electrons. The van der Waals surface area contributed by atoms with Crippen LogP contribution in [0.15, 0.2) is 0 Å². The summed E-state index contributed by atoms with van der Waals surface area (Å²) in [6.45, 7) is 1.12. The fourth-order valence-corrected chi connectivity index (χ4v) is 0.982. The maximum Gasteiger partial charge on any atom is 0.320 e. The Kier molecular flexibility index (Phi) is 5.11. The lowest BCUT2D eigenvalue weighted by Gasteiger charge is -2.05. The first-order chi connectivity index (χ1) is 6.36. The van der Waals surface area contributed by atoms with Crippen LogP contribution < -0.4 is 5.73 Å². The number of carboxylic acids is 1. The van der Waals surface area contributed by atoms with Crippen LogP contribution in [0.1, 0.15) is 19.8 Å². The Morgan fingerprint density at radius 1 is 1.43 bits per heavy atom. The molecule has 1 unspecified atom stereocenters. The zero-order chi connectivity index (χ0) is 11.3. The van der Waals surface area contributed by atoms with Gasteiger partial charge in [-0.05, 0) is 12.8 Å². The lowest BCUT2D eigenvalue weighted by atomic mass is 10.1. The molecule has 14 heavy (non-hydrogen) atoms. The van der Waals surface area contributed by atoms with Gasteiger partial charge in [0.25, 0.3) is 0 Å². The molecule has 0 heterocycles. The molecule has 0 fully saturated rings. The van der Waals surface area contributed by atoms with Crippen molar-refractivity contribution in [3.05, 3.63) is 0 Å². The van der Waals surface area contributed by atoms with Crippen molar-refractivity contribution in [2.45, 2.75) is 25.8 Å². The van der Waals surface area contributed by atoms with Gasteiger partial charge in [-0.3, -0.25) is 14.4 Å². The van der Waals surface area contributed by atoms with Crippen molar-refractivity contribution in [2.24, 2.45) is 5.73 Å². The molecule has 0 aliphatic heterocycles. The van der Waals surface area contributed by atoms with E-state index in [9.17, 15) is 14.4 Å². The van der Waals surface area contributed by atoms with Crippen LogP contribution in [0, 0.1) is 0 Å². The summed E-state index contributed by atoms with van der Waals surface area (Å²) in [6.07, 6.45) is 0.119. The zero-order valence-electron chi connectivity index (χ0n) is 7.65. The number of Topliss-reactive ketones (excluding diaryl/α,β-unsaturated/α-hetero) is 2. The molecule has 6 heteroatoms. The highest BCUT2D eigenvalue weighted by molar-refractivity contribution is 7.82. The van der Waals surface area contributed by atoms with E-state index < -0.39 is 23.6 Å². The molecule has 0 bridgehead atoms. The number of hydrogen-bond donors (Lipinski definition) is 2. The quantitative estimate of drug-likeness (QED) is 0.468. The Balaban J connectivity index is 4.04. The smallest absolute Gasteiger partial charge is 0.320 e. The van der Waals surface area contributed by atoms with E-state index in [0.717, 1.165) is 6.92 Å². The first-order valence-corrected chi connectivity index (χ1v) is 4.33. The van der Waals surface area contributed by atoms with Gasteiger partial charge < -0.3 is 10.8 Å². The van der Waals surface area contributed by atoms with Crippen LogP contribution in [0.4, 0.5) is 0 Å². The van der Waals surface area contributed by atoms with Crippen LogP contribution in [0.5, 0.6) is 0 Å². The normalized spacial score (nSPS) is 11.9. The lowest BCUT2D eigenvalue weighted by molar-refractivity contribution is -0.138. The minimum Gasteiger partial charge on any atom is -0.480 e. The second-order valence-electron chi connectivity index (χ2n) is 2.79. The van der Waals surface area contributed by atoms with Crippen molar-refractivity contribution >= 4 is 34.6 Å². The lowest BCUT2D eigenvalue weighted by Crippen LogP contribution is -2.31. The average molecular weight is 217 g/mol. The van der Waals surface area contributed by atoms with Gasteiger partial charge in [0, 0.05) is 6.92 Å². The minimum atomic E-state index is -1.15. The van der Waals surface area contributed by atoms with E-state index in [-0.39, 0.29) is 17.7 Å². The predicted octanol–water partition coefficient (Wildman–Crippen LogP) is -0.293. The van der Waals surface area contributed by atoms with Crippen LogP contribution in [-0.2, 0) is 14.4 Å². The standard InChI is InChI=1S/C8H11NO4S/c1-4(10)7(11)6(14)3-2-5(9)8(12)13/h5H,2-3,9H2,1H3,(H,12,13). The Hall–Kier alpha value is -1.14. The third-order valence-corrected chi connectivity index (χ3v) is 1.96. The molecule has 0 saturated heterocycles. The second kappa shape index (κ2) is 5.56. The molecular formula is C8H11NO4S. The Bertz CT molecular complexity index is 287. The van der Waals surface area contributed by atoms with Gasteiger partial charge in [0.2, 0.25) is 11.6 Å². The van der Waals surface area contributed by atoms with Gasteiger partial charge >= 0.3 is 5.97 Å². The predicted molar refractivity (Wildman–Crippen MR) is 53.1 cm³/mol.